The van der Waals surface area contributed by atoms with Crippen molar-refractivity contribution in [1.29, 1.82) is 5.26 Å². The molecule has 2 heteroatoms. The lowest BCUT2D eigenvalue weighted by atomic mass is 9.94. The molecule has 0 aliphatic heterocycles. The zero-order valence-electron chi connectivity index (χ0n) is 5.55. The molecule has 0 amide bonds. The Kier molecular flexibility index (Phi) is 1.10. The Morgan fingerprint density at radius 1 is 1.60 bits per heavy atom. The normalized spacial score (nSPS) is 49.6. The summed E-state index contributed by atoms with van der Waals surface area (Å²) < 4.78 is 0. The molecule has 2 aliphatic rings. The van der Waals surface area contributed by atoms with Crippen LogP contribution in [0.1, 0.15) is 12.8 Å². The summed E-state index contributed by atoms with van der Waals surface area (Å²) >= 11 is 6.04. The van der Waals surface area contributed by atoms with Gasteiger partial charge in [-0.1, -0.05) is 12.2 Å². The third-order valence-corrected chi connectivity index (χ3v) is 3.02. The van der Waals surface area contributed by atoms with E-state index in [0.717, 1.165) is 12.8 Å². The summed E-state index contributed by atoms with van der Waals surface area (Å²) in [4.78, 5) is -0.556. The van der Waals surface area contributed by atoms with E-state index in [9.17, 15) is 0 Å². The predicted molar refractivity (Wildman–Crippen MR) is 39.6 cm³/mol. The van der Waals surface area contributed by atoms with E-state index >= 15 is 0 Å². The fourth-order valence-corrected chi connectivity index (χ4v) is 2.29. The van der Waals surface area contributed by atoms with Gasteiger partial charge in [0.1, 0.15) is 4.87 Å². The molecule has 2 aliphatic carbocycles. The van der Waals surface area contributed by atoms with Crippen LogP contribution < -0.4 is 0 Å². The lowest BCUT2D eigenvalue weighted by Gasteiger charge is -2.19. The highest BCUT2D eigenvalue weighted by molar-refractivity contribution is 6.26. The first kappa shape index (κ1) is 6.24. The second-order valence-electron chi connectivity index (χ2n) is 3.17. The molecule has 0 aromatic carbocycles. The minimum absolute atomic E-state index is 0.323. The van der Waals surface area contributed by atoms with Gasteiger partial charge in [0.15, 0.2) is 0 Å². The highest BCUT2D eigenvalue weighted by atomic mass is 35.5. The van der Waals surface area contributed by atoms with Crippen molar-refractivity contribution in [3.63, 3.8) is 0 Å². The molecule has 0 unspecified atom stereocenters. The summed E-state index contributed by atoms with van der Waals surface area (Å²) in [5, 5.41) is 8.73. The van der Waals surface area contributed by atoms with E-state index < -0.39 is 4.87 Å². The molecule has 0 radical (unpaired) electrons. The number of rotatable bonds is 0. The maximum atomic E-state index is 8.73. The van der Waals surface area contributed by atoms with Crippen molar-refractivity contribution in [2.75, 3.05) is 0 Å². The Balaban J connectivity index is 2.33. The molecular weight excluding hydrogens is 146 g/mol. The number of nitriles is 1. The van der Waals surface area contributed by atoms with E-state index in [0.29, 0.717) is 11.8 Å². The molecule has 1 nitrogen and oxygen atoms in total. The van der Waals surface area contributed by atoms with Gasteiger partial charge in [-0.05, 0) is 18.8 Å². The van der Waals surface area contributed by atoms with Crippen molar-refractivity contribution in [3.8, 4) is 6.07 Å². The maximum absolute atomic E-state index is 8.73. The molecule has 0 spiro atoms. The van der Waals surface area contributed by atoms with E-state index in [1.807, 2.05) is 0 Å². The van der Waals surface area contributed by atoms with Crippen molar-refractivity contribution in [2.45, 2.75) is 17.7 Å². The zero-order chi connectivity index (χ0) is 7.19. The van der Waals surface area contributed by atoms with Crippen LogP contribution in [0.2, 0.25) is 0 Å². The second kappa shape index (κ2) is 1.77. The largest absolute Gasteiger partial charge is 0.196 e. The molecule has 52 valence electrons. The molecule has 0 saturated heterocycles. The summed E-state index contributed by atoms with van der Waals surface area (Å²) in [6.45, 7) is 0. The maximum Gasteiger partial charge on any atom is 0.137 e. The van der Waals surface area contributed by atoms with Gasteiger partial charge in [-0.25, -0.2) is 0 Å². The topological polar surface area (TPSA) is 23.8 Å². The zero-order valence-corrected chi connectivity index (χ0v) is 6.30. The molecule has 0 heterocycles. The fraction of sp³-hybridized carbons (Fsp3) is 0.625. The first-order valence-corrected chi connectivity index (χ1v) is 3.91. The molecule has 2 rings (SSSR count). The standard InChI is InChI=1S/C8H8ClN/c9-8(5-10)4-6-1-2-7(8)3-6/h1-2,6-7H,3-4H2/t6-,7+,8+/m0/s1. The fourth-order valence-electron chi connectivity index (χ4n) is 1.93. The molecule has 3 atom stereocenters. The summed E-state index contributed by atoms with van der Waals surface area (Å²) in [5.74, 6) is 0.909. The molecule has 0 aromatic rings. The minimum Gasteiger partial charge on any atom is -0.196 e. The monoisotopic (exact) mass is 153 g/mol. The van der Waals surface area contributed by atoms with Crippen LogP contribution in [0.3, 0.4) is 0 Å². The summed E-state index contributed by atoms with van der Waals surface area (Å²) in [6, 6.07) is 2.19. The molecular formula is C8H8ClN. The van der Waals surface area contributed by atoms with Gasteiger partial charge in [-0.15, -0.1) is 11.6 Å². The van der Waals surface area contributed by atoms with Crippen molar-refractivity contribution < 1.29 is 0 Å². The van der Waals surface area contributed by atoms with Crippen LogP contribution in [-0.2, 0) is 0 Å². The van der Waals surface area contributed by atoms with Gasteiger partial charge in [-0.2, -0.15) is 5.26 Å². The Bertz CT molecular complexity index is 228. The highest BCUT2D eigenvalue weighted by Crippen LogP contribution is 2.49. The van der Waals surface area contributed by atoms with E-state index in [-0.39, 0.29) is 0 Å². The molecule has 10 heavy (non-hydrogen) atoms. The van der Waals surface area contributed by atoms with Crippen LogP contribution in [0.5, 0.6) is 0 Å². The third kappa shape index (κ3) is 0.630. The highest BCUT2D eigenvalue weighted by Gasteiger charge is 2.47. The van der Waals surface area contributed by atoms with Gasteiger partial charge in [-0.3, -0.25) is 0 Å². The molecule has 1 saturated carbocycles. The summed E-state index contributed by atoms with van der Waals surface area (Å²) in [7, 11) is 0. The number of alkyl halides is 1. The lowest BCUT2D eigenvalue weighted by Crippen LogP contribution is -2.23. The number of hydrogen-bond donors (Lipinski definition) is 0. The molecule has 0 aromatic heterocycles. The first-order valence-electron chi connectivity index (χ1n) is 3.53. The van der Waals surface area contributed by atoms with E-state index in [1.54, 1.807) is 0 Å². The molecule has 0 N–H and O–H groups in total. The summed E-state index contributed by atoms with van der Waals surface area (Å²) in [5.41, 5.74) is 0. The predicted octanol–water partition coefficient (Wildman–Crippen LogP) is 2.08. The van der Waals surface area contributed by atoms with E-state index in [1.165, 1.54) is 0 Å². The van der Waals surface area contributed by atoms with Gasteiger partial charge in [0.25, 0.3) is 0 Å². The average Bonchev–Trinajstić information content (AvgIpc) is 2.46. The molecule has 2 bridgehead atoms. The Hall–Kier alpha value is -0.480. The Morgan fingerprint density at radius 2 is 2.40 bits per heavy atom. The molecule has 1 fully saturated rings. The number of hydrogen-bond acceptors (Lipinski definition) is 1. The number of fused-ring (bicyclic) bond motifs is 2. The van der Waals surface area contributed by atoms with Gasteiger partial charge in [0.2, 0.25) is 0 Å². The number of halogens is 1. The van der Waals surface area contributed by atoms with Crippen molar-refractivity contribution in [2.24, 2.45) is 11.8 Å². The number of nitrogens with zero attached hydrogens (tertiary/aromatic N) is 1. The van der Waals surface area contributed by atoms with Crippen LogP contribution in [0.15, 0.2) is 12.2 Å². The quantitative estimate of drug-likeness (QED) is 0.386. The lowest BCUT2D eigenvalue weighted by molar-refractivity contribution is 0.602. The van der Waals surface area contributed by atoms with Crippen LogP contribution in [0.25, 0.3) is 0 Å². The average molecular weight is 154 g/mol. The number of allylic oxidation sites excluding steroid dienone is 2. The van der Waals surface area contributed by atoms with E-state index in [4.69, 9.17) is 16.9 Å². The Morgan fingerprint density at radius 3 is 2.70 bits per heavy atom. The van der Waals surface area contributed by atoms with Gasteiger partial charge >= 0.3 is 0 Å². The van der Waals surface area contributed by atoms with Gasteiger partial charge < -0.3 is 0 Å². The van der Waals surface area contributed by atoms with Crippen molar-refractivity contribution >= 4 is 11.6 Å². The Labute approximate surface area is 65.3 Å². The third-order valence-electron chi connectivity index (χ3n) is 2.51. The van der Waals surface area contributed by atoms with Gasteiger partial charge in [0, 0.05) is 5.92 Å². The SMILES string of the molecule is N#C[C@]1(Cl)C[C@H]2C=C[C@@H]1C2. The van der Waals surface area contributed by atoms with Crippen LogP contribution >= 0.6 is 11.6 Å². The van der Waals surface area contributed by atoms with Crippen molar-refractivity contribution in [1.82, 2.24) is 0 Å². The first-order chi connectivity index (χ1) is 4.74. The second-order valence-corrected chi connectivity index (χ2v) is 3.84. The van der Waals surface area contributed by atoms with Crippen LogP contribution in [0, 0.1) is 23.2 Å². The minimum atomic E-state index is -0.556. The van der Waals surface area contributed by atoms with Gasteiger partial charge in [0.05, 0.1) is 6.07 Å². The summed E-state index contributed by atoms with van der Waals surface area (Å²) in [6.07, 6.45) is 6.22. The van der Waals surface area contributed by atoms with E-state index in [2.05, 4.69) is 18.2 Å². The van der Waals surface area contributed by atoms with Crippen LogP contribution in [0.4, 0.5) is 0 Å². The smallest absolute Gasteiger partial charge is 0.137 e. The van der Waals surface area contributed by atoms with Crippen molar-refractivity contribution in [3.05, 3.63) is 12.2 Å². The van der Waals surface area contributed by atoms with Crippen LogP contribution in [-0.4, -0.2) is 4.87 Å².